The highest BCUT2D eigenvalue weighted by molar-refractivity contribution is 5.23. The van der Waals surface area contributed by atoms with Crippen molar-refractivity contribution in [3.8, 4) is 0 Å². The lowest BCUT2D eigenvalue weighted by Crippen LogP contribution is -2.51. The Morgan fingerprint density at radius 3 is 2.14 bits per heavy atom. The van der Waals surface area contributed by atoms with Gasteiger partial charge in [0, 0.05) is 13.0 Å². The van der Waals surface area contributed by atoms with E-state index in [0.29, 0.717) is 6.42 Å². The number of hydrogen-bond donors (Lipinski definition) is 3. The zero-order valence-electron chi connectivity index (χ0n) is 8.75. The van der Waals surface area contributed by atoms with Crippen LogP contribution in [0.25, 0.3) is 0 Å². The van der Waals surface area contributed by atoms with Crippen molar-refractivity contribution in [3.05, 3.63) is 35.9 Å². The molecule has 0 fully saturated rings. The summed E-state index contributed by atoms with van der Waals surface area (Å²) in [4.78, 5) is 0. The first kappa shape index (κ1) is 11.2. The van der Waals surface area contributed by atoms with Crippen LogP contribution in [0.15, 0.2) is 30.3 Å². The molecule has 0 bridgehead atoms. The molecule has 1 aromatic rings. The van der Waals surface area contributed by atoms with Crippen molar-refractivity contribution in [2.24, 2.45) is 0 Å². The number of aliphatic hydroxyl groups excluding tert-OH is 1. The Bertz CT molecular complexity index is 257. The highest BCUT2D eigenvalue weighted by Crippen LogP contribution is 2.20. The average Bonchev–Trinajstić information content (AvgIpc) is 2.27. The van der Waals surface area contributed by atoms with Gasteiger partial charge in [-0.3, -0.25) is 10.6 Å². The molecule has 3 N–H and O–H groups in total. The highest BCUT2D eigenvalue weighted by atomic mass is 16.3. The van der Waals surface area contributed by atoms with Crippen LogP contribution in [0.2, 0.25) is 0 Å². The van der Waals surface area contributed by atoms with Crippen LogP contribution >= 0.6 is 0 Å². The zero-order valence-corrected chi connectivity index (χ0v) is 8.75. The van der Waals surface area contributed by atoms with E-state index in [0.717, 1.165) is 5.56 Å². The van der Waals surface area contributed by atoms with Crippen molar-refractivity contribution in [1.29, 1.82) is 0 Å². The highest BCUT2D eigenvalue weighted by Gasteiger charge is 2.26. The molecule has 14 heavy (non-hydrogen) atoms. The van der Waals surface area contributed by atoms with Crippen LogP contribution in [0, 0.1) is 0 Å². The standard InChI is InChI=1S/C11H18N2O/c1-12-11(13-2,8-9-14)10-6-4-3-5-7-10/h3-7,12-14H,8-9H2,1-2H3. The van der Waals surface area contributed by atoms with Gasteiger partial charge in [0.25, 0.3) is 0 Å². The summed E-state index contributed by atoms with van der Waals surface area (Å²) in [5.74, 6) is 0. The molecule has 0 saturated heterocycles. The van der Waals surface area contributed by atoms with Gasteiger partial charge in [-0.2, -0.15) is 0 Å². The van der Waals surface area contributed by atoms with Crippen LogP contribution in [-0.4, -0.2) is 25.8 Å². The van der Waals surface area contributed by atoms with Crippen LogP contribution in [0.3, 0.4) is 0 Å². The second kappa shape index (κ2) is 5.10. The van der Waals surface area contributed by atoms with Gasteiger partial charge in [0.1, 0.15) is 0 Å². The fourth-order valence-electron chi connectivity index (χ4n) is 1.70. The minimum atomic E-state index is -0.323. The Morgan fingerprint density at radius 2 is 1.71 bits per heavy atom. The van der Waals surface area contributed by atoms with E-state index in [4.69, 9.17) is 5.11 Å². The van der Waals surface area contributed by atoms with E-state index in [9.17, 15) is 0 Å². The van der Waals surface area contributed by atoms with Crippen molar-refractivity contribution in [3.63, 3.8) is 0 Å². The Hall–Kier alpha value is -0.900. The van der Waals surface area contributed by atoms with Crippen LogP contribution in [-0.2, 0) is 5.66 Å². The van der Waals surface area contributed by atoms with Crippen molar-refractivity contribution < 1.29 is 5.11 Å². The van der Waals surface area contributed by atoms with Crippen LogP contribution in [0.4, 0.5) is 0 Å². The lowest BCUT2D eigenvalue weighted by molar-refractivity contribution is 0.193. The lowest BCUT2D eigenvalue weighted by Gasteiger charge is -2.33. The molecule has 0 aliphatic rings. The normalized spacial score (nSPS) is 11.6. The molecule has 0 saturated carbocycles. The largest absolute Gasteiger partial charge is 0.396 e. The number of aliphatic hydroxyl groups is 1. The topological polar surface area (TPSA) is 44.3 Å². The Kier molecular flexibility index (Phi) is 4.07. The Balaban J connectivity index is 2.98. The van der Waals surface area contributed by atoms with Gasteiger partial charge in [-0.25, -0.2) is 0 Å². The first-order valence-electron chi connectivity index (χ1n) is 4.83. The van der Waals surface area contributed by atoms with E-state index in [-0.39, 0.29) is 12.3 Å². The fraction of sp³-hybridized carbons (Fsp3) is 0.455. The molecule has 0 radical (unpaired) electrons. The van der Waals surface area contributed by atoms with Crippen LogP contribution < -0.4 is 10.6 Å². The molecular weight excluding hydrogens is 176 g/mol. The van der Waals surface area contributed by atoms with E-state index in [1.807, 2.05) is 44.4 Å². The maximum Gasteiger partial charge on any atom is 0.0967 e. The number of nitrogens with one attached hydrogen (secondary N) is 2. The third kappa shape index (κ3) is 2.12. The summed E-state index contributed by atoms with van der Waals surface area (Å²) >= 11 is 0. The summed E-state index contributed by atoms with van der Waals surface area (Å²) in [6.45, 7) is 0.149. The Labute approximate surface area is 85.2 Å². The molecule has 1 aromatic carbocycles. The molecule has 0 aliphatic heterocycles. The minimum Gasteiger partial charge on any atom is -0.396 e. The van der Waals surface area contributed by atoms with Gasteiger partial charge in [0.05, 0.1) is 5.66 Å². The summed E-state index contributed by atoms with van der Waals surface area (Å²) < 4.78 is 0. The SMILES string of the molecule is CNC(CCO)(NC)c1ccccc1. The van der Waals surface area contributed by atoms with E-state index in [1.54, 1.807) is 0 Å². The quantitative estimate of drug-likeness (QED) is 0.603. The monoisotopic (exact) mass is 194 g/mol. The molecule has 78 valence electrons. The summed E-state index contributed by atoms with van der Waals surface area (Å²) in [5.41, 5.74) is 0.815. The van der Waals surface area contributed by atoms with Crippen LogP contribution in [0.5, 0.6) is 0 Å². The van der Waals surface area contributed by atoms with Crippen molar-refractivity contribution >= 4 is 0 Å². The number of hydrogen-bond acceptors (Lipinski definition) is 3. The first-order chi connectivity index (χ1) is 6.79. The Morgan fingerprint density at radius 1 is 1.14 bits per heavy atom. The van der Waals surface area contributed by atoms with Gasteiger partial charge < -0.3 is 5.11 Å². The van der Waals surface area contributed by atoms with E-state index < -0.39 is 0 Å². The molecule has 0 spiro atoms. The van der Waals surface area contributed by atoms with Gasteiger partial charge in [0.15, 0.2) is 0 Å². The molecule has 3 heteroatoms. The fourth-order valence-corrected chi connectivity index (χ4v) is 1.70. The van der Waals surface area contributed by atoms with E-state index in [1.165, 1.54) is 0 Å². The second-order valence-corrected chi connectivity index (χ2v) is 3.24. The smallest absolute Gasteiger partial charge is 0.0967 e. The third-order valence-electron chi connectivity index (χ3n) is 2.61. The minimum absolute atomic E-state index is 0.149. The summed E-state index contributed by atoms with van der Waals surface area (Å²) in [6.07, 6.45) is 0.643. The van der Waals surface area contributed by atoms with Crippen LogP contribution in [0.1, 0.15) is 12.0 Å². The van der Waals surface area contributed by atoms with Gasteiger partial charge in [0.2, 0.25) is 0 Å². The second-order valence-electron chi connectivity index (χ2n) is 3.24. The van der Waals surface area contributed by atoms with E-state index >= 15 is 0 Å². The van der Waals surface area contributed by atoms with Crippen molar-refractivity contribution in [2.45, 2.75) is 12.1 Å². The van der Waals surface area contributed by atoms with E-state index in [2.05, 4.69) is 10.6 Å². The molecule has 0 aromatic heterocycles. The summed E-state index contributed by atoms with van der Waals surface area (Å²) in [5, 5.41) is 15.5. The van der Waals surface area contributed by atoms with Crippen molar-refractivity contribution in [1.82, 2.24) is 10.6 Å². The predicted molar refractivity (Wildman–Crippen MR) is 57.9 cm³/mol. The number of benzene rings is 1. The maximum absolute atomic E-state index is 9.05. The van der Waals surface area contributed by atoms with Gasteiger partial charge >= 0.3 is 0 Å². The zero-order chi connectivity index (χ0) is 10.4. The summed E-state index contributed by atoms with van der Waals surface area (Å²) in [7, 11) is 3.78. The number of rotatable bonds is 5. The summed E-state index contributed by atoms with van der Waals surface area (Å²) in [6, 6.07) is 10.1. The van der Waals surface area contributed by atoms with Gasteiger partial charge in [-0.1, -0.05) is 30.3 Å². The molecular formula is C11H18N2O. The molecule has 0 unspecified atom stereocenters. The lowest BCUT2D eigenvalue weighted by atomic mass is 9.96. The molecule has 3 nitrogen and oxygen atoms in total. The molecule has 1 rings (SSSR count). The molecule has 0 heterocycles. The third-order valence-corrected chi connectivity index (χ3v) is 2.61. The predicted octanol–water partition coefficient (Wildman–Crippen LogP) is 0.661. The van der Waals surface area contributed by atoms with Gasteiger partial charge in [-0.05, 0) is 19.7 Å². The van der Waals surface area contributed by atoms with Gasteiger partial charge in [-0.15, -0.1) is 0 Å². The molecule has 0 amide bonds. The average molecular weight is 194 g/mol. The first-order valence-corrected chi connectivity index (χ1v) is 4.83. The van der Waals surface area contributed by atoms with Crippen molar-refractivity contribution in [2.75, 3.05) is 20.7 Å². The maximum atomic E-state index is 9.05. The molecule has 0 aliphatic carbocycles. The molecule has 0 atom stereocenters.